The van der Waals surface area contributed by atoms with Gasteiger partial charge in [0, 0.05) is 10.9 Å². The van der Waals surface area contributed by atoms with Crippen molar-refractivity contribution in [1.82, 2.24) is 14.6 Å². The minimum Gasteiger partial charge on any atom is -0.398 e. The van der Waals surface area contributed by atoms with Crippen LogP contribution in [0.2, 0.25) is 5.02 Å². The fourth-order valence-electron chi connectivity index (χ4n) is 2.77. The molecule has 0 unspecified atom stereocenters. The lowest BCUT2D eigenvalue weighted by Crippen LogP contribution is -1.95. The SMILES string of the molecule is Cc1cc2nnc(-c3ccc(Cl)c(N)c3)n2c2ccccc12. The summed E-state index contributed by atoms with van der Waals surface area (Å²) < 4.78 is 2.05. The van der Waals surface area contributed by atoms with Gasteiger partial charge in [0.2, 0.25) is 0 Å². The summed E-state index contributed by atoms with van der Waals surface area (Å²) >= 11 is 6.01. The summed E-state index contributed by atoms with van der Waals surface area (Å²) in [6, 6.07) is 15.8. The van der Waals surface area contributed by atoms with Crippen molar-refractivity contribution >= 4 is 33.8 Å². The number of aromatic nitrogens is 3. The first-order chi connectivity index (χ1) is 10.6. The zero-order valence-corrected chi connectivity index (χ0v) is 12.7. The van der Waals surface area contributed by atoms with Gasteiger partial charge in [0.15, 0.2) is 11.5 Å². The molecule has 0 aliphatic carbocycles. The van der Waals surface area contributed by atoms with E-state index in [1.807, 2.05) is 34.7 Å². The molecule has 2 aromatic carbocycles. The van der Waals surface area contributed by atoms with Crippen molar-refractivity contribution in [1.29, 1.82) is 0 Å². The highest BCUT2D eigenvalue weighted by Crippen LogP contribution is 2.29. The number of para-hydroxylation sites is 1. The van der Waals surface area contributed by atoms with Crippen molar-refractivity contribution in [2.75, 3.05) is 5.73 Å². The van der Waals surface area contributed by atoms with Crippen molar-refractivity contribution < 1.29 is 0 Å². The standard InChI is InChI=1S/C17H13ClN4/c1-10-8-16-20-21-17(11-6-7-13(18)14(19)9-11)22(16)15-5-3-2-4-12(10)15/h2-9H,19H2,1H3. The summed E-state index contributed by atoms with van der Waals surface area (Å²) in [5.41, 5.74) is 10.4. The molecule has 0 saturated heterocycles. The molecule has 0 bridgehead atoms. The molecule has 2 aromatic heterocycles. The highest BCUT2D eigenvalue weighted by atomic mass is 35.5. The van der Waals surface area contributed by atoms with Crippen LogP contribution < -0.4 is 5.73 Å². The molecular weight excluding hydrogens is 296 g/mol. The molecule has 0 spiro atoms. The molecule has 0 aliphatic rings. The van der Waals surface area contributed by atoms with Gasteiger partial charge in [-0.05, 0) is 42.8 Å². The van der Waals surface area contributed by atoms with E-state index in [4.69, 9.17) is 17.3 Å². The maximum absolute atomic E-state index is 6.01. The molecule has 2 N–H and O–H groups in total. The second-order valence-corrected chi connectivity index (χ2v) is 5.71. The number of hydrogen-bond donors (Lipinski definition) is 1. The summed E-state index contributed by atoms with van der Waals surface area (Å²) in [5, 5.41) is 10.4. The Labute approximate surface area is 132 Å². The van der Waals surface area contributed by atoms with E-state index < -0.39 is 0 Å². The molecule has 0 saturated carbocycles. The van der Waals surface area contributed by atoms with Crippen molar-refractivity contribution in [3.8, 4) is 11.4 Å². The third-order valence-corrected chi connectivity index (χ3v) is 4.20. The van der Waals surface area contributed by atoms with E-state index in [-0.39, 0.29) is 0 Å². The number of aryl methyl sites for hydroxylation is 1. The number of pyridine rings is 1. The van der Waals surface area contributed by atoms with Crippen LogP contribution in [0.4, 0.5) is 5.69 Å². The minimum atomic E-state index is 0.535. The van der Waals surface area contributed by atoms with Crippen LogP contribution in [0, 0.1) is 6.92 Å². The smallest absolute Gasteiger partial charge is 0.168 e. The number of anilines is 1. The Morgan fingerprint density at radius 1 is 1.05 bits per heavy atom. The number of fused-ring (bicyclic) bond motifs is 3. The molecule has 2 heterocycles. The van der Waals surface area contributed by atoms with Gasteiger partial charge >= 0.3 is 0 Å². The van der Waals surface area contributed by atoms with E-state index >= 15 is 0 Å². The van der Waals surface area contributed by atoms with Crippen LogP contribution in [0.5, 0.6) is 0 Å². The van der Waals surface area contributed by atoms with Gasteiger partial charge in [0.05, 0.1) is 16.2 Å². The molecular formula is C17H13ClN4. The predicted molar refractivity (Wildman–Crippen MR) is 90.1 cm³/mol. The molecule has 0 radical (unpaired) electrons. The van der Waals surface area contributed by atoms with Crippen molar-refractivity contribution in [2.45, 2.75) is 6.92 Å². The Morgan fingerprint density at radius 3 is 2.68 bits per heavy atom. The quantitative estimate of drug-likeness (QED) is 0.539. The van der Waals surface area contributed by atoms with E-state index in [0.717, 1.165) is 22.6 Å². The van der Waals surface area contributed by atoms with E-state index in [2.05, 4.69) is 29.3 Å². The van der Waals surface area contributed by atoms with E-state index in [0.29, 0.717) is 10.7 Å². The molecule has 22 heavy (non-hydrogen) atoms. The summed E-state index contributed by atoms with van der Waals surface area (Å²) in [6.45, 7) is 2.08. The summed E-state index contributed by atoms with van der Waals surface area (Å²) in [4.78, 5) is 0. The molecule has 108 valence electrons. The topological polar surface area (TPSA) is 56.2 Å². The Morgan fingerprint density at radius 2 is 1.86 bits per heavy atom. The second kappa shape index (κ2) is 4.71. The van der Waals surface area contributed by atoms with E-state index in [1.54, 1.807) is 6.07 Å². The average Bonchev–Trinajstić information content (AvgIpc) is 2.94. The van der Waals surface area contributed by atoms with Gasteiger partial charge in [-0.25, -0.2) is 0 Å². The van der Waals surface area contributed by atoms with Crippen LogP contribution in [0.3, 0.4) is 0 Å². The van der Waals surface area contributed by atoms with E-state index in [9.17, 15) is 0 Å². The van der Waals surface area contributed by atoms with Crippen LogP contribution in [-0.4, -0.2) is 14.6 Å². The Hall–Kier alpha value is -2.59. The van der Waals surface area contributed by atoms with Crippen molar-refractivity contribution in [3.05, 3.63) is 59.1 Å². The molecule has 4 rings (SSSR count). The van der Waals surface area contributed by atoms with Gasteiger partial charge in [-0.1, -0.05) is 29.8 Å². The summed E-state index contributed by atoms with van der Waals surface area (Å²) in [5.74, 6) is 0.759. The van der Waals surface area contributed by atoms with Crippen LogP contribution in [0.1, 0.15) is 5.56 Å². The van der Waals surface area contributed by atoms with Crippen LogP contribution in [0.15, 0.2) is 48.5 Å². The number of rotatable bonds is 1. The van der Waals surface area contributed by atoms with Gasteiger partial charge < -0.3 is 5.73 Å². The zero-order chi connectivity index (χ0) is 15.3. The second-order valence-electron chi connectivity index (χ2n) is 5.30. The molecule has 5 heteroatoms. The van der Waals surface area contributed by atoms with Crippen LogP contribution >= 0.6 is 11.6 Å². The number of halogens is 1. The van der Waals surface area contributed by atoms with Crippen LogP contribution in [0.25, 0.3) is 27.9 Å². The number of nitrogen functional groups attached to an aromatic ring is 1. The highest BCUT2D eigenvalue weighted by molar-refractivity contribution is 6.33. The van der Waals surface area contributed by atoms with Gasteiger partial charge in [-0.3, -0.25) is 4.40 Å². The molecule has 0 atom stereocenters. The zero-order valence-electron chi connectivity index (χ0n) is 11.9. The maximum Gasteiger partial charge on any atom is 0.168 e. The van der Waals surface area contributed by atoms with Gasteiger partial charge in [-0.15, -0.1) is 10.2 Å². The minimum absolute atomic E-state index is 0.535. The Bertz CT molecular complexity index is 1020. The number of nitrogens with two attached hydrogens (primary N) is 1. The molecule has 4 nitrogen and oxygen atoms in total. The molecule has 0 fully saturated rings. The number of benzene rings is 2. The Balaban J connectivity index is 2.11. The number of nitrogens with zero attached hydrogens (tertiary/aromatic N) is 3. The largest absolute Gasteiger partial charge is 0.398 e. The predicted octanol–water partition coefficient (Wildman–Crippen LogP) is 4.09. The van der Waals surface area contributed by atoms with Crippen molar-refractivity contribution in [2.24, 2.45) is 0 Å². The molecule has 0 aliphatic heterocycles. The van der Waals surface area contributed by atoms with Gasteiger partial charge in [0.25, 0.3) is 0 Å². The third kappa shape index (κ3) is 1.84. The summed E-state index contributed by atoms with van der Waals surface area (Å²) in [6.07, 6.45) is 0. The molecule has 4 aromatic rings. The summed E-state index contributed by atoms with van der Waals surface area (Å²) in [7, 11) is 0. The lowest BCUT2D eigenvalue weighted by atomic mass is 10.1. The lowest BCUT2D eigenvalue weighted by molar-refractivity contribution is 1.12. The maximum atomic E-state index is 6.01. The van der Waals surface area contributed by atoms with Crippen molar-refractivity contribution in [3.63, 3.8) is 0 Å². The lowest BCUT2D eigenvalue weighted by Gasteiger charge is -2.08. The third-order valence-electron chi connectivity index (χ3n) is 3.86. The monoisotopic (exact) mass is 308 g/mol. The Kier molecular flexibility index (Phi) is 2.81. The first-order valence-corrected chi connectivity index (χ1v) is 7.32. The van der Waals surface area contributed by atoms with Gasteiger partial charge in [0.1, 0.15) is 0 Å². The number of hydrogen-bond acceptors (Lipinski definition) is 3. The fraction of sp³-hybridized carbons (Fsp3) is 0.0588. The fourth-order valence-corrected chi connectivity index (χ4v) is 2.89. The molecule has 0 amide bonds. The van der Waals surface area contributed by atoms with Gasteiger partial charge in [-0.2, -0.15) is 0 Å². The first-order valence-electron chi connectivity index (χ1n) is 6.94. The highest BCUT2D eigenvalue weighted by Gasteiger charge is 2.13. The average molecular weight is 309 g/mol. The van der Waals surface area contributed by atoms with E-state index in [1.165, 1.54) is 10.9 Å². The first kappa shape index (κ1) is 13.1. The van der Waals surface area contributed by atoms with Crippen LogP contribution in [-0.2, 0) is 0 Å². The normalized spacial score (nSPS) is 11.4.